The van der Waals surface area contributed by atoms with Crippen molar-refractivity contribution in [2.45, 2.75) is 19.9 Å². The third-order valence-corrected chi connectivity index (χ3v) is 3.83. The molecule has 0 unspecified atom stereocenters. The molecule has 0 radical (unpaired) electrons. The minimum Gasteiger partial charge on any atom is -0.508 e. The van der Waals surface area contributed by atoms with Gasteiger partial charge in [0.2, 0.25) is 0 Å². The highest BCUT2D eigenvalue weighted by Gasteiger charge is 2.31. The van der Waals surface area contributed by atoms with E-state index in [0.717, 1.165) is 5.56 Å². The van der Waals surface area contributed by atoms with E-state index in [1.807, 2.05) is 18.7 Å². The van der Waals surface area contributed by atoms with E-state index in [-0.39, 0.29) is 17.7 Å². The lowest BCUT2D eigenvalue weighted by Crippen LogP contribution is -2.53. The predicted molar refractivity (Wildman–Crippen MR) is 83.2 cm³/mol. The minimum atomic E-state index is -0.428. The highest BCUT2D eigenvalue weighted by molar-refractivity contribution is 6.03. The smallest absolute Gasteiger partial charge is 0.324 e. The van der Waals surface area contributed by atoms with Gasteiger partial charge >= 0.3 is 6.03 Å². The van der Waals surface area contributed by atoms with E-state index < -0.39 is 6.03 Å². The van der Waals surface area contributed by atoms with E-state index in [2.05, 4.69) is 11.9 Å². The van der Waals surface area contributed by atoms with E-state index in [1.54, 1.807) is 24.3 Å². The summed E-state index contributed by atoms with van der Waals surface area (Å²) in [5, 5.41) is 12.1. The van der Waals surface area contributed by atoms with Crippen LogP contribution in [-0.2, 0) is 4.79 Å². The molecule has 0 saturated carbocycles. The molecule has 22 heavy (non-hydrogen) atoms. The summed E-state index contributed by atoms with van der Waals surface area (Å²) in [7, 11) is 0. The van der Waals surface area contributed by atoms with Gasteiger partial charge in [-0.05, 0) is 31.5 Å². The SMILES string of the molecule is C=C1C(=O)N(C(=O)N[C@H](C)c2ccc(O)cc2)CCN1CC. The van der Waals surface area contributed by atoms with E-state index in [0.29, 0.717) is 25.3 Å². The first-order valence-corrected chi connectivity index (χ1v) is 7.29. The summed E-state index contributed by atoms with van der Waals surface area (Å²) in [4.78, 5) is 27.5. The monoisotopic (exact) mass is 303 g/mol. The number of nitrogens with zero attached hydrogens (tertiary/aromatic N) is 2. The fourth-order valence-electron chi connectivity index (χ4n) is 2.40. The molecule has 2 rings (SSSR count). The standard InChI is InChI=1S/C16H21N3O3/c1-4-18-9-10-19(15(21)12(18)3)16(22)17-11(2)13-5-7-14(20)8-6-13/h5-8,11,20H,3-4,9-10H2,1-2H3,(H,17,22)/t11-/m1/s1. The van der Waals surface area contributed by atoms with Crippen LogP contribution in [0.1, 0.15) is 25.5 Å². The number of carbonyl (C=O) groups is 2. The first-order valence-electron chi connectivity index (χ1n) is 7.29. The Labute approximate surface area is 130 Å². The number of benzene rings is 1. The first-order chi connectivity index (χ1) is 10.4. The number of phenols is 1. The number of imide groups is 1. The number of rotatable bonds is 3. The van der Waals surface area contributed by atoms with E-state index in [9.17, 15) is 14.7 Å². The molecule has 1 aromatic rings. The molecule has 1 saturated heterocycles. The van der Waals surface area contributed by atoms with Gasteiger partial charge in [0.25, 0.3) is 5.91 Å². The molecule has 1 aliphatic heterocycles. The Bertz CT molecular complexity index is 583. The van der Waals surface area contributed by atoms with E-state index in [1.165, 1.54) is 4.90 Å². The van der Waals surface area contributed by atoms with Crippen LogP contribution in [0.15, 0.2) is 36.5 Å². The third-order valence-electron chi connectivity index (χ3n) is 3.83. The second kappa shape index (κ2) is 6.51. The lowest BCUT2D eigenvalue weighted by Gasteiger charge is -2.35. The number of hydrogen-bond acceptors (Lipinski definition) is 4. The molecule has 1 aromatic carbocycles. The molecule has 2 N–H and O–H groups in total. The number of piperazine rings is 1. The second-order valence-corrected chi connectivity index (χ2v) is 5.25. The van der Waals surface area contributed by atoms with Crippen molar-refractivity contribution in [1.29, 1.82) is 0 Å². The molecule has 1 fully saturated rings. The van der Waals surface area contributed by atoms with Crippen molar-refractivity contribution in [3.63, 3.8) is 0 Å². The maximum Gasteiger partial charge on any atom is 0.324 e. The lowest BCUT2D eigenvalue weighted by molar-refractivity contribution is -0.128. The Hall–Kier alpha value is -2.50. The normalized spacial score (nSPS) is 16.6. The maximum absolute atomic E-state index is 12.3. The van der Waals surface area contributed by atoms with Crippen LogP contribution in [0.4, 0.5) is 4.79 Å². The van der Waals surface area contributed by atoms with Crippen molar-refractivity contribution in [3.05, 3.63) is 42.1 Å². The number of nitrogens with one attached hydrogen (secondary N) is 1. The van der Waals surface area contributed by atoms with Crippen molar-refractivity contribution in [3.8, 4) is 5.75 Å². The van der Waals surface area contributed by atoms with Gasteiger partial charge in [0.1, 0.15) is 5.75 Å². The minimum absolute atomic E-state index is 0.171. The summed E-state index contributed by atoms with van der Waals surface area (Å²) in [5.41, 5.74) is 1.20. The lowest BCUT2D eigenvalue weighted by atomic mass is 10.1. The number of carbonyl (C=O) groups excluding carboxylic acids is 2. The average Bonchev–Trinajstić information content (AvgIpc) is 2.50. The molecule has 0 bridgehead atoms. The van der Waals surface area contributed by atoms with Crippen LogP contribution < -0.4 is 5.32 Å². The van der Waals surface area contributed by atoms with Crippen molar-refractivity contribution in [2.75, 3.05) is 19.6 Å². The molecule has 1 atom stereocenters. The van der Waals surface area contributed by atoms with Gasteiger partial charge in [0.15, 0.2) is 0 Å². The predicted octanol–water partition coefficient (Wildman–Crippen LogP) is 1.84. The van der Waals surface area contributed by atoms with Crippen molar-refractivity contribution in [1.82, 2.24) is 15.1 Å². The number of hydrogen-bond donors (Lipinski definition) is 2. The van der Waals surface area contributed by atoms with E-state index in [4.69, 9.17) is 0 Å². The van der Waals surface area contributed by atoms with Crippen LogP contribution in [0.2, 0.25) is 0 Å². The fourth-order valence-corrected chi connectivity index (χ4v) is 2.40. The number of amides is 3. The Morgan fingerprint density at radius 1 is 1.36 bits per heavy atom. The molecule has 0 aromatic heterocycles. The molecular weight excluding hydrogens is 282 g/mol. The van der Waals surface area contributed by atoms with Crippen molar-refractivity contribution < 1.29 is 14.7 Å². The van der Waals surface area contributed by atoms with Crippen LogP contribution in [0, 0.1) is 0 Å². The van der Waals surface area contributed by atoms with Crippen LogP contribution >= 0.6 is 0 Å². The highest BCUT2D eigenvalue weighted by atomic mass is 16.3. The average molecular weight is 303 g/mol. The largest absolute Gasteiger partial charge is 0.508 e. The zero-order valence-corrected chi connectivity index (χ0v) is 12.9. The molecule has 0 spiro atoms. The zero-order chi connectivity index (χ0) is 16.3. The number of phenolic OH excluding ortho intramolecular Hbond substituents is 1. The van der Waals surface area contributed by atoms with E-state index >= 15 is 0 Å². The van der Waals surface area contributed by atoms with Gasteiger partial charge in [-0.15, -0.1) is 0 Å². The Morgan fingerprint density at radius 3 is 2.59 bits per heavy atom. The second-order valence-electron chi connectivity index (χ2n) is 5.25. The molecule has 1 heterocycles. The molecule has 3 amide bonds. The van der Waals surface area contributed by atoms with Gasteiger partial charge in [0, 0.05) is 19.6 Å². The Balaban J connectivity index is 2.01. The van der Waals surface area contributed by atoms with Gasteiger partial charge in [-0.2, -0.15) is 0 Å². The first kappa shape index (κ1) is 15.9. The summed E-state index contributed by atoms with van der Waals surface area (Å²) in [5.74, 6) is -0.187. The fraction of sp³-hybridized carbons (Fsp3) is 0.375. The van der Waals surface area contributed by atoms with Crippen LogP contribution in [0.5, 0.6) is 5.75 Å². The quantitative estimate of drug-likeness (QED) is 0.836. The molecular formula is C16H21N3O3. The summed E-state index contributed by atoms with van der Waals surface area (Å²) in [6.07, 6.45) is 0. The third kappa shape index (κ3) is 3.21. The van der Waals surface area contributed by atoms with Gasteiger partial charge in [0.05, 0.1) is 11.7 Å². The summed E-state index contributed by atoms with van der Waals surface area (Å²) < 4.78 is 0. The van der Waals surface area contributed by atoms with Crippen LogP contribution in [0.3, 0.4) is 0 Å². The van der Waals surface area contributed by atoms with Gasteiger partial charge in [-0.1, -0.05) is 18.7 Å². The van der Waals surface area contributed by atoms with Crippen LogP contribution in [0.25, 0.3) is 0 Å². The Morgan fingerprint density at radius 2 is 2.00 bits per heavy atom. The van der Waals surface area contributed by atoms with Gasteiger partial charge < -0.3 is 15.3 Å². The van der Waals surface area contributed by atoms with Gasteiger partial charge in [-0.3, -0.25) is 9.69 Å². The molecule has 0 aliphatic carbocycles. The summed E-state index contributed by atoms with van der Waals surface area (Å²) in [6, 6.07) is 5.89. The van der Waals surface area contributed by atoms with Crippen molar-refractivity contribution >= 4 is 11.9 Å². The maximum atomic E-state index is 12.3. The van der Waals surface area contributed by atoms with Crippen LogP contribution in [-0.4, -0.2) is 46.5 Å². The highest BCUT2D eigenvalue weighted by Crippen LogP contribution is 2.18. The summed E-state index contributed by atoms with van der Waals surface area (Å²) in [6.45, 7) is 9.17. The van der Waals surface area contributed by atoms with Gasteiger partial charge in [-0.25, -0.2) is 4.79 Å². The van der Waals surface area contributed by atoms with Crippen molar-refractivity contribution in [2.24, 2.45) is 0 Å². The Kier molecular flexibility index (Phi) is 4.70. The number of urea groups is 1. The molecule has 6 heteroatoms. The topological polar surface area (TPSA) is 72.9 Å². The summed E-state index contributed by atoms with van der Waals surface area (Å²) >= 11 is 0. The molecule has 118 valence electrons. The number of likely N-dealkylation sites (N-methyl/N-ethyl adjacent to an activating group) is 1. The molecule has 1 aliphatic rings. The number of aromatic hydroxyl groups is 1. The zero-order valence-electron chi connectivity index (χ0n) is 12.9. The molecule has 6 nitrogen and oxygen atoms in total.